The van der Waals surface area contributed by atoms with Crippen molar-refractivity contribution in [2.45, 2.75) is 64.1 Å². The molecule has 0 aliphatic heterocycles. The molecule has 0 heterocycles. The average molecular weight is 503 g/mol. The summed E-state index contributed by atoms with van der Waals surface area (Å²) in [6.07, 6.45) is 16.3. The van der Waals surface area contributed by atoms with Crippen molar-refractivity contribution in [3.63, 3.8) is 0 Å². The summed E-state index contributed by atoms with van der Waals surface area (Å²) in [6.45, 7) is 6.47. The second-order valence-corrected chi connectivity index (χ2v) is 9.62. The Morgan fingerprint density at radius 2 is 1.51 bits per heavy atom. The third kappa shape index (κ3) is 8.01. The van der Waals surface area contributed by atoms with E-state index in [1.807, 2.05) is 48.5 Å². The Kier molecular flexibility index (Phi) is 10.9. The van der Waals surface area contributed by atoms with Gasteiger partial charge in [0.1, 0.15) is 0 Å². The Bertz CT molecular complexity index is 1100. The van der Waals surface area contributed by atoms with E-state index in [4.69, 9.17) is 0 Å². The van der Waals surface area contributed by atoms with E-state index < -0.39 is 16.6 Å². The minimum atomic E-state index is -1.92. The van der Waals surface area contributed by atoms with Gasteiger partial charge in [-0.2, -0.15) is 0 Å². The lowest BCUT2D eigenvalue weighted by Gasteiger charge is -2.25. The summed E-state index contributed by atoms with van der Waals surface area (Å²) in [5.74, 6) is 0. The zero-order valence-electron chi connectivity index (χ0n) is 22.1. The molecule has 2 aromatic rings. The molecule has 0 radical (unpaired) electrons. The molecule has 4 nitrogen and oxygen atoms in total. The van der Waals surface area contributed by atoms with Gasteiger partial charge in [-0.25, -0.2) is 4.39 Å². The van der Waals surface area contributed by atoms with E-state index in [9.17, 15) is 10.1 Å². The molecule has 0 saturated heterocycles. The van der Waals surface area contributed by atoms with Gasteiger partial charge in [-0.1, -0.05) is 106 Å². The Hall–Kier alpha value is -3.47. The van der Waals surface area contributed by atoms with E-state index in [2.05, 4.69) is 30.9 Å². The summed E-state index contributed by atoms with van der Waals surface area (Å²) < 4.78 is 15.2. The highest BCUT2D eigenvalue weighted by atomic mass is 19.1. The maximum Gasteiger partial charge on any atom is 0.293 e. The van der Waals surface area contributed by atoms with Crippen LogP contribution < -0.4 is 4.90 Å². The monoisotopic (exact) mass is 502 g/mol. The molecule has 0 fully saturated rings. The normalized spacial score (nSPS) is 19.4. The van der Waals surface area contributed by atoms with Crippen LogP contribution in [-0.4, -0.2) is 29.7 Å². The Labute approximate surface area is 221 Å². The van der Waals surface area contributed by atoms with Gasteiger partial charge in [0.15, 0.2) is 6.17 Å². The van der Waals surface area contributed by atoms with Crippen molar-refractivity contribution in [2.24, 2.45) is 0 Å². The third-order valence-electron chi connectivity index (χ3n) is 6.77. The second kappa shape index (κ2) is 14.3. The highest BCUT2D eigenvalue weighted by molar-refractivity contribution is 5.59. The second-order valence-electron chi connectivity index (χ2n) is 9.62. The van der Waals surface area contributed by atoms with Gasteiger partial charge < -0.3 is 4.90 Å². The van der Waals surface area contributed by atoms with E-state index in [1.54, 1.807) is 18.2 Å². The SMILES string of the molecule is CCCCCN(CCCCC)c1ccc(C=CC2([N+](=O)[O-])C=CC(C=Cc3ccccc3)=CC2F)cc1. The molecule has 3 rings (SSSR count). The highest BCUT2D eigenvalue weighted by Crippen LogP contribution is 2.31. The van der Waals surface area contributed by atoms with Crippen molar-refractivity contribution in [1.29, 1.82) is 0 Å². The Morgan fingerprint density at radius 1 is 0.892 bits per heavy atom. The van der Waals surface area contributed by atoms with E-state index in [1.165, 1.54) is 43.9 Å². The number of benzene rings is 2. The van der Waals surface area contributed by atoms with Crippen molar-refractivity contribution >= 4 is 17.8 Å². The average Bonchev–Trinajstić information content (AvgIpc) is 2.91. The van der Waals surface area contributed by atoms with Crippen LogP contribution in [-0.2, 0) is 0 Å². The number of nitro groups is 1. The number of halogens is 1. The molecule has 2 atom stereocenters. The third-order valence-corrected chi connectivity index (χ3v) is 6.77. The van der Waals surface area contributed by atoms with Crippen molar-refractivity contribution < 1.29 is 9.31 Å². The van der Waals surface area contributed by atoms with Gasteiger partial charge >= 0.3 is 0 Å². The smallest absolute Gasteiger partial charge is 0.293 e. The number of alkyl halides is 1. The van der Waals surface area contributed by atoms with Crippen molar-refractivity contribution in [2.75, 3.05) is 18.0 Å². The Balaban J connectivity index is 1.72. The van der Waals surface area contributed by atoms with Crippen molar-refractivity contribution in [3.05, 3.63) is 112 Å². The Morgan fingerprint density at radius 3 is 2.08 bits per heavy atom. The summed E-state index contributed by atoms with van der Waals surface area (Å²) in [7, 11) is 0. The van der Waals surface area contributed by atoms with Crippen LogP contribution >= 0.6 is 0 Å². The molecule has 37 heavy (non-hydrogen) atoms. The number of hydrogen-bond acceptors (Lipinski definition) is 3. The fourth-order valence-corrected chi connectivity index (χ4v) is 4.42. The van der Waals surface area contributed by atoms with Crippen LogP contribution in [0.4, 0.5) is 10.1 Å². The number of rotatable bonds is 14. The van der Waals surface area contributed by atoms with Crippen molar-refractivity contribution in [1.82, 2.24) is 0 Å². The van der Waals surface area contributed by atoms with Crippen LogP contribution in [0, 0.1) is 10.1 Å². The molecular formula is C32H39FN2O2. The first kappa shape index (κ1) is 28.1. The molecular weight excluding hydrogens is 463 g/mol. The summed E-state index contributed by atoms with van der Waals surface area (Å²) in [4.78, 5) is 13.9. The molecule has 196 valence electrons. The number of allylic oxidation sites excluding steroid dienone is 3. The molecule has 1 aliphatic carbocycles. The number of hydrogen-bond donors (Lipinski definition) is 0. The molecule has 5 heteroatoms. The zero-order chi connectivity index (χ0) is 26.5. The number of unbranched alkanes of at least 4 members (excludes halogenated alkanes) is 4. The fourth-order valence-electron chi connectivity index (χ4n) is 4.42. The van der Waals surface area contributed by atoms with Crippen LogP contribution in [0.5, 0.6) is 0 Å². The van der Waals surface area contributed by atoms with Gasteiger partial charge in [-0.15, -0.1) is 0 Å². The maximum atomic E-state index is 15.2. The minimum absolute atomic E-state index is 0.545. The number of anilines is 1. The molecule has 2 aromatic carbocycles. The molecule has 0 spiro atoms. The van der Waals surface area contributed by atoms with Gasteiger partial charge in [0.25, 0.3) is 5.54 Å². The summed E-state index contributed by atoms with van der Waals surface area (Å²) in [5, 5.41) is 12.0. The number of nitrogens with zero attached hydrogens (tertiary/aromatic N) is 2. The first-order valence-corrected chi connectivity index (χ1v) is 13.5. The maximum absolute atomic E-state index is 15.2. The molecule has 0 N–H and O–H groups in total. The molecule has 0 aromatic heterocycles. The first-order valence-electron chi connectivity index (χ1n) is 13.5. The lowest BCUT2D eigenvalue weighted by Crippen LogP contribution is -2.44. The standard InChI is InChI=1S/C32H39FN2O2/c1-3-5-10-24-34(25-11-6-4-2)30-18-16-28(17-19-30)20-22-32(35(36)37)23-21-29(26-31(32)33)15-14-27-12-8-7-9-13-27/h7-9,12-23,26,31H,3-6,10-11,24-25H2,1-2H3. The molecule has 0 bridgehead atoms. The van der Waals surface area contributed by atoms with E-state index in [-0.39, 0.29) is 0 Å². The largest absolute Gasteiger partial charge is 0.372 e. The zero-order valence-corrected chi connectivity index (χ0v) is 22.1. The van der Waals surface area contributed by atoms with Crippen LogP contribution in [0.3, 0.4) is 0 Å². The van der Waals surface area contributed by atoms with Gasteiger partial charge in [0.05, 0.1) is 0 Å². The van der Waals surface area contributed by atoms with Crippen LogP contribution in [0.15, 0.2) is 90.6 Å². The molecule has 0 saturated carbocycles. The lowest BCUT2D eigenvalue weighted by atomic mass is 9.86. The van der Waals surface area contributed by atoms with E-state index >= 15 is 4.39 Å². The van der Waals surface area contributed by atoms with Gasteiger partial charge in [-0.05, 0) is 47.8 Å². The summed E-state index contributed by atoms with van der Waals surface area (Å²) >= 11 is 0. The van der Waals surface area contributed by atoms with E-state index in [0.717, 1.165) is 42.7 Å². The minimum Gasteiger partial charge on any atom is -0.372 e. The fraction of sp³-hybridized carbons (Fsp3) is 0.375. The first-order chi connectivity index (χ1) is 18.0. The van der Waals surface area contributed by atoms with E-state index in [0.29, 0.717) is 5.57 Å². The van der Waals surface area contributed by atoms with Crippen LogP contribution in [0.25, 0.3) is 12.2 Å². The molecule has 2 unspecified atom stereocenters. The highest BCUT2D eigenvalue weighted by Gasteiger charge is 2.47. The lowest BCUT2D eigenvalue weighted by molar-refractivity contribution is -0.547. The summed E-state index contributed by atoms with van der Waals surface area (Å²) in [6, 6.07) is 17.7. The molecule has 1 aliphatic rings. The predicted molar refractivity (Wildman–Crippen MR) is 154 cm³/mol. The molecule has 0 amide bonds. The topological polar surface area (TPSA) is 46.4 Å². The van der Waals surface area contributed by atoms with Gasteiger partial charge in [0.2, 0.25) is 0 Å². The van der Waals surface area contributed by atoms with Crippen LogP contribution in [0.2, 0.25) is 0 Å². The summed E-state index contributed by atoms with van der Waals surface area (Å²) in [5.41, 5.74) is 1.64. The van der Waals surface area contributed by atoms with Crippen LogP contribution in [0.1, 0.15) is 63.5 Å². The quantitative estimate of drug-likeness (QED) is 0.148. The van der Waals surface area contributed by atoms with Crippen molar-refractivity contribution in [3.8, 4) is 0 Å². The predicted octanol–water partition coefficient (Wildman–Crippen LogP) is 8.45. The van der Waals surface area contributed by atoms with Gasteiger partial charge in [-0.3, -0.25) is 10.1 Å². The van der Waals surface area contributed by atoms with Gasteiger partial charge in [0, 0.05) is 35.9 Å².